The number of halogens is 1. The summed E-state index contributed by atoms with van der Waals surface area (Å²) in [6.45, 7) is 3.61. The molecule has 102 valence electrons. The highest BCUT2D eigenvalue weighted by Crippen LogP contribution is 2.19. The predicted octanol–water partition coefficient (Wildman–Crippen LogP) is 3.15. The van der Waals surface area contributed by atoms with Gasteiger partial charge in [-0.3, -0.25) is 9.48 Å². The number of rotatable bonds is 9. The Morgan fingerprint density at radius 2 is 2.11 bits per heavy atom. The number of hydrogen-bond acceptors (Lipinski definition) is 3. The summed E-state index contributed by atoms with van der Waals surface area (Å²) in [4.78, 5) is 12.1. The summed E-state index contributed by atoms with van der Waals surface area (Å²) in [5, 5.41) is 4.22. The molecule has 0 radical (unpaired) electrons. The molecule has 0 saturated heterocycles. The van der Waals surface area contributed by atoms with Crippen LogP contribution in [0, 0.1) is 0 Å². The van der Waals surface area contributed by atoms with E-state index in [1.165, 1.54) is 0 Å². The molecular formula is C13H22BrN3O. The van der Waals surface area contributed by atoms with Crippen molar-refractivity contribution in [2.24, 2.45) is 5.73 Å². The summed E-state index contributed by atoms with van der Waals surface area (Å²) in [6, 6.07) is 0. The van der Waals surface area contributed by atoms with Crippen molar-refractivity contribution in [2.75, 3.05) is 6.54 Å². The molecule has 1 rings (SSSR count). The average Bonchev–Trinajstić information content (AvgIpc) is 2.71. The Balaban J connectivity index is 2.47. The van der Waals surface area contributed by atoms with Crippen molar-refractivity contribution >= 4 is 21.7 Å². The summed E-state index contributed by atoms with van der Waals surface area (Å²) in [5.74, 6) is 0.181. The third-order valence-corrected chi connectivity index (χ3v) is 3.43. The maximum atomic E-state index is 12.1. The highest BCUT2D eigenvalue weighted by atomic mass is 79.9. The van der Waals surface area contributed by atoms with Gasteiger partial charge in [-0.2, -0.15) is 5.10 Å². The lowest BCUT2D eigenvalue weighted by molar-refractivity contribution is 0.0967. The molecule has 0 aliphatic heterocycles. The number of carbonyl (C=O) groups is 1. The maximum Gasteiger partial charge on any atom is 0.182 e. The molecule has 5 heteroatoms. The van der Waals surface area contributed by atoms with Crippen LogP contribution in [-0.4, -0.2) is 22.1 Å². The van der Waals surface area contributed by atoms with Gasteiger partial charge in [-0.1, -0.05) is 19.8 Å². The quantitative estimate of drug-likeness (QED) is 0.562. The molecule has 0 atom stereocenters. The molecule has 0 bridgehead atoms. The molecule has 0 fully saturated rings. The minimum atomic E-state index is 0.181. The van der Waals surface area contributed by atoms with Gasteiger partial charge < -0.3 is 5.73 Å². The molecule has 0 unspecified atom stereocenters. The fourth-order valence-electron chi connectivity index (χ4n) is 1.92. The van der Waals surface area contributed by atoms with Crippen LogP contribution in [0.3, 0.4) is 0 Å². The second-order valence-corrected chi connectivity index (χ2v) is 5.29. The third-order valence-electron chi connectivity index (χ3n) is 2.85. The molecule has 0 aromatic carbocycles. The lowest BCUT2D eigenvalue weighted by Gasteiger charge is -2.06. The molecule has 2 N–H and O–H groups in total. The average molecular weight is 316 g/mol. The number of nitrogens with zero attached hydrogens (tertiary/aromatic N) is 2. The zero-order chi connectivity index (χ0) is 13.4. The van der Waals surface area contributed by atoms with Crippen molar-refractivity contribution in [3.8, 4) is 0 Å². The van der Waals surface area contributed by atoms with E-state index < -0.39 is 0 Å². The van der Waals surface area contributed by atoms with E-state index in [1.54, 1.807) is 10.9 Å². The van der Waals surface area contributed by atoms with E-state index in [1.807, 2.05) is 0 Å². The Labute approximate surface area is 117 Å². The second-order valence-electron chi connectivity index (χ2n) is 4.44. The van der Waals surface area contributed by atoms with E-state index in [0.717, 1.165) is 55.4 Å². The summed E-state index contributed by atoms with van der Waals surface area (Å²) in [6.07, 6.45) is 7.44. The number of nitrogens with two attached hydrogens (primary N) is 1. The molecule has 0 amide bonds. The fraction of sp³-hybridized carbons (Fsp3) is 0.692. The van der Waals surface area contributed by atoms with E-state index in [0.29, 0.717) is 6.42 Å². The summed E-state index contributed by atoms with van der Waals surface area (Å²) in [5.41, 5.74) is 6.15. The lowest BCUT2D eigenvalue weighted by Crippen LogP contribution is -2.11. The molecule has 0 aliphatic carbocycles. The molecule has 0 saturated carbocycles. The lowest BCUT2D eigenvalue weighted by atomic mass is 10.1. The Hall–Kier alpha value is -0.680. The van der Waals surface area contributed by atoms with Gasteiger partial charge in [0.05, 0.1) is 10.7 Å². The zero-order valence-corrected chi connectivity index (χ0v) is 12.6. The molecule has 0 spiro atoms. The van der Waals surface area contributed by atoms with Crippen molar-refractivity contribution < 1.29 is 4.79 Å². The Morgan fingerprint density at radius 1 is 1.39 bits per heavy atom. The molecule has 18 heavy (non-hydrogen) atoms. The molecule has 1 aromatic rings. The topological polar surface area (TPSA) is 60.9 Å². The van der Waals surface area contributed by atoms with Crippen LogP contribution in [0.25, 0.3) is 0 Å². The molecular weight excluding hydrogens is 294 g/mol. The number of carbonyl (C=O) groups excluding carboxylic acids is 1. The van der Waals surface area contributed by atoms with Crippen LogP contribution in [0.15, 0.2) is 10.7 Å². The van der Waals surface area contributed by atoms with Gasteiger partial charge in [0, 0.05) is 13.0 Å². The van der Waals surface area contributed by atoms with Crippen molar-refractivity contribution in [3.63, 3.8) is 0 Å². The van der Waals surface area contributed by atoms with Crippen LogP contribution in [0.1, 0.15) is 55.9 Å². The third kappa shape index (κ3) is 4.53. The van der Waals surface area contributed by atoms with Crippen LogP contribution in [-0.2, 0) is 6.54 Å². The normalized spacial score (nSPS) is 10.8. The Kier molecular flexibility index (Phi) is 7.20. The number of Topliss-reactive ketones (excluding diaryl/α,β-unsaturated/α-hetero) is 1. The number of unbranched alkanes of at least 4 members (excludes halogenated alkanes) is 3. The highest BCUT2D eigenvalue weighted by Gasteiger charge is 2.16. The minimum absolute atomic E-state index is 0.181. The highest BCUT2D eigenvalue weighted by molar-refractivity contribution is 9.10. The fourth-order valence-corrected chi connectivity index (χ4v) is 2.44. The number of ketones is 1. The number of aromatic nitrogens is 2. The van der Waals surface area contributed by atoms with E-state index in [-0.39, 0.29) is 5.78 Å². The number of hydrogen-bond donors (Lipinski definition) is 1. The first kappa shape index (κ1) is 15.4. The second kappa shape index (κ2) is 8.43. The largest absolute Gasteiger partial charge is 0.330 e. The van der Waals surface area contributed by atoms with E-state index >= 15 is 0 Å². The SMILES string of the molecule is CCCn1ncc(Br)c1C(=O)CCCCCCN. The first-order valence-corrected chi connectivity index (χ1v) is 7.44. The van der Waals surface area contributed by atoms with E-state index in [2.05, 4.69) is 28.0 Å². The Morgan fingerprint density at radius 3 is 2.78 bits per heavy atom. The van der Waals surface area contributed by atoms with E-state index in [4.69, 9.17) is 5.73 Å². The van der Waals surface area contributed by atoms with Gasteiger partial charge in [0.2, 0.25) is 0 Å². The first-order chi connectivity index (χ1) is 8.70. The van der Waals surface area contributed by atoms with Crippen LogP contribution in [0.5, 0.6) is 0 Å². The maximum absolute atomic E-state index is 12.1. The van der Waals surface area contributed by atoms with Crippen LogP contribution in [0.2, 0.25) is 0 Å². The predicted molar refractivity (Wildman–Crippen MR) is 76.7 cm³/mol. The Bertz CT molecular complexity index is 376. The smallest absolute Gasteiger partial charge is 0.182 e. The minimum Gasteiger partial charge on any atom is -0.330 e. The van der Waals surface area contributed by atoms with Gasteiger partial charge in [-0.15, -0.1) is 0 Å². The van der Waals surface area contributed by atoms with Gasteiger partial charge in [0.1, 0.15) is 5.69 Å². The molecule has 1 heterocycles. The molecule has 1 aromatic heterocycles. The van der Waals surface area contributed by atoms with Gasteiger partial charge in [-0.25, -0.2) is 0 Å². The number of aryl methyl sites for hydroxylation is 1. The van der Waals surface area contributed by atoms with Crippen molar-refractivity contribution in [1.82, 2.24) is 9.78 Å². The summed E-state index contributed by atoms with van der Waals surface area (Å²) < 4.78 is 2.61. The summed E-state index contributed by atoms with van der Waals surface area (Å²) >= 11 is 3.40. The van der Waals surface area contributed by atoms with Gasteiger partial charge >= 0.3 is 0 Å². The van der Waals surface area contributed by atoms with Crippen molar-refractivity contribution in [2.45, 2.75) is 52.0 Å². The standard InChI is InChI=1S/C13H22BrN3O/c1-2-9-17-13(11(14)10-16-17)12(18)7-5-3-4-6-8-15/h10H,2-9,15H2,1H3. The van der Waals surface area contributed by atoms with Gasteiger partial charge in [0.25, 0.3) is 0 Å². The van der Waals surface area contributed by atoms with Crippen LogP contribution >= 0.6 is 15.9 Å². The van der Waals surface area contributed by atoms with E-state index in [9.17, 15) is 4.79 Å². The molecule has 4 nitrogen and oxygen atoms in total. The van der Waals surface area contributed by atoms with Gasteiger partial charge in [0.15, 0.2) is 5.78 Å². The monoisotopic (exact) mass is 315 g/mol. The van der Waals surface area contributed by atoms with Crippen LogP contribution in [0.4, 0.5) is 0 Å². The van der Waals surface area contributed by atoms with Crippen LogP contribution < -0.4 is 5.73 Å². The molecule has 0 aliphatic rings. The first-order valence-electron chi connectivity index (χ1n) is 6.65. The summed E-state index contributed by atoms with van der Waals surface area (Å²) in [7, 11) is 0. The zero-order valence-electron chi connectivity index (χ0n) is 11.0. The van der Waals surface area contributed by atoms with Gasteiger partial charge in [-0.05, 0) is 41.7 Å². The van der Waals surface area contributed by atoms with Crippen molar-refractivity contribution in [1.29, 1.82) is 0 Å². The van der Waals surface area contributed by atoms with Crippen molar-refractivity contribution in [3.05, 3.63) is 16.4 Å².